The number of hydrogen-bond donors (Lipinski definition) is 0. The summed E-state index contributed by atoms with van der Waals surface area (Å²) in [7, 11) is 0.161. The van der Waals surface area contributed by atoms with Crippen LogP contribution in [0.15, 0.2) is 70.8 Å². The molecule has 8 nitrogen and oxygen atoms in total. The Balaban J connectivity index is 0.00000140. The van der Waals surface area contributed by atoms with Crippen molar-refractivity contribution < 1.29 is 49.1 Å². The van der Waals surface area contributed by atoms with Crippen molar-refractivity contribution in [1.82, 2.24) is 19.6 Å². The van der Waals surface area contributed by atoms with Crippen LogP contribution >= 0.6 is 0 Å². The fraction of sp³-hybridized carbons (Fsp3) is 0.0556. The van der Waals surface area contributed by atoms with E-state index in [-0.39, 0.29) is 35.0 Å². The number of hydrogen-bond acceptors (Lipinski definition) is 6. The van der Waals surface area contributed by atoms with Crippen molar-refractivity contribution in [1.29, 1.82) is 0 Å². The third-order valence-corrected chi connectivity index (χ3v) is 5.34. The van der Waals surface area contributed by atoms with Gasteiger partial charge in [-0.1, -0.05) is 24.3 Å². The molecule has 0 fully saturated rings. The zero-order valence-electron chi connectivity index (χ0n) is 15.2. The van der Waals surface area contributed by atoms with Crippen LogP contribution in [0.1, 0.15) is 0 Å². The molecule has 0 aliphatic rings. The summed E-state index contributed by atoms with van der Waals surface area (Å²) in [5.41, 5.74) is 1.83. The molecule has 1 unspecified atom stereocenters. The molecule has 4 aromatic rings. The van der Waals surface area contributed by atoms with Crippen molar-refractivity contribution >= 4 is 16.4 Å². The summed E-state index contributed by atoms with van der Waals surface area (Å²) in [6.45, 7) is 0. The van der Waals surface area contributed by atoms with E-state index >= 15 is 0 Å². The minimum absolute atomic E-state index is 0. The molecule has 4 rings (SSSR count). The van der Waals surface area contributed by atoms with E-state index < -0.39 is 16.8 Å². The first-order chi connectivity index (χ1) is 12.7. The van der Waals surface area contributed by atoms with Gasteiger partial charge in [-0.3, -0.25) is 0 Å². The normalized spacial score (nSPS) is 11.3. The van der Waals surface area contributed by atoms with Gasteiger partial charge in [-0.05, 0) is 29.8 Å². The maximum absolute atomic E-state index is 12.8. The van der Waals surface area contributed by atoms with Crippen LogP contribution < -0.4 is 39.4 Å². The quantitative estimate of drug-likeness (QED) is 0.369. The Hall–Kier alpha value is -2.30. The number of nitrogens with zero attached hydrogens (tertiary/aromatic N) is 4. The van der Waals surface area contributed by atoms with E-state index in [2.05, 4.69) is 15.1 Å². The topological polar surface area (TPSA) is 124 Å². The number of ether oxygens (including phenoxy) is 1. The standard InChI is InChI=1S/C18H14N4O3S.Na.H2O/c1-25-15-9-12(14-10-21-22-17(14)19-11-20-18(22)23)7-8-16(15)26(24)13-5-3-2-4-6-13;;/h2-11H,1H3,(H,19,20,23);;1H2/q;+1;/p-1. The molecule has 138 valence electrons. The van der Waals surface area contributed by atoms with Crippen molar-refractivity contribution in [3.63, 3.8) is 0 Å². The Morgan fingerprint density at radius 2 is 1.86 bits per heavy atom. The predicted molar refractivity (Wildman–Crippen MR) is 96.9 cm³/mol. The largest absolute Gasteiger partial charge is 1.00 e. The summed E-state index contributed by atoms with van der Waals surface area (Å²) in [5, 5.41) is 15.8. The van der Waals surface area contributed by atoms with Crippen LogP contribution in [-0.4, -0.2) is 36.4 Å². The summed E-state index contributed by atoms with van der Waals surface area (Å²) in [6, 6.07) is 14.0. The Kier molecular flexibility index (Phi) is 7.28. The zero-order valence-corrected chi connectivity index (χ0v) is 18.0. The van der Waals surface area contributed by atoms with Gasteiger partial charge in [0.2, 0.25) is 0 Å². The van der Waals surface area contributed by atoms with Gasteiger partial charge in [-0.25, -0.2) is 18.7 Å². The number of benzene rings is 2. The number of aromatic nitrogens is 4. The van der Waals surface area contributed by atoms with Crippen molar-refractivity contribution in [3.8, 4) is 22.9 Å². The molecule has 2 aromatic heterocycles. The van der Waals surface area contributed by atoms with Gasteiger partial charge in [0.1, 0.15) is 12.1 Å². The van der Waals surface area contributed by atoms with Gasteiger partial charge in [0.15, 0.2) is 5.65 Å². The summed E-state index contributed by atoms with van der Waals surface area (Å²) >= 11 is 0. The van der Waals surface area contributed by atoms with Crippen LogP contribution in [0.5, 0.6) is 11.8 Å². The second kappa shape index (κ2) is 9.26. The van der Waals surface area contributed by atoms with Gasteiger partial charge >= 0.3 is 29.6 Å². The van der Waals surface area contributed by atoms with Crippen LogP contribution in [0.3, 0.4) is 0 Å². The second-order valence-electron chi connectivity index (χ2n) is 5.40. The molecular weight excluding hydrogens is 391 g/mol. The van der Waals surface area contributed by atoms with E-state index in [4.69, 9.17) is 4.74 Å². The SMILES string of the molecule is COc1cc(-c2cnn3c([O-])ncnc23)ccc1S(=O)c1ccccc1.O.[Na+]. The third-order valence-electron chi connectivity index (χ3n) is 3.90. The van der Waals surface area contributed by atoms with Crippen molar-refractivity contribution in [2.45, 2.75) is 9.79 Å². The van der Waals surface area contributed by atoms with Gasteiger partial charge in [0.05, 0.1) is 35.0 Å². The van der Waals surface area contributed by atoms with Crippen LogP contribution in [-0.2, 0) is 10.8 Å². The summed E-state index contributed by atoms with van der Waals surface area (Å²) in [6.07, 6.45) is 2.76. The van der Waals surface area contributed by atoms with Crippen molar-refractivity contribution in [2.75, 3.05) is 7.11 Å². The van der Waals surface area contributed by atoms with Crippen LogP contribution in [0.25, 0.3) is 16.8 Å². The van der Waals surface area contributed by atoms with E-state index in [1.54, 1.807) is 30.5 Å². The van der Waals surface area contributed by atoms with Gasteiger partial charge in [-0.15, -0.1) is 0 Å². The van der Waals surface area contributed by atoms with Crippen molar-refractivity contribution in [3.05, 3.63) is 61.1 Å². The second-order valence-corrected chi connectivity index (χ2v) is 6.85. The van der Waals surface area contributed by atoms with E-state index in [0.29, 0.717) is 26.8 Å². The Morgan fingerprint density at radius 3 is 2.57 bits per heavy atom. The number of fused-ring (bicyclic) bond motifs is 1. The molecular formula is C18H15N4NaO4S. The summed E-state index contributed by atoms with van der Waals surface area (Å²) in [4.78, 5) is 8.98. The smallest absolute Gasteiger partial charge is 0.844 e. The maximum atomic E-state index is 12.8. The summed E-state index contributed by atoms with van der Waals surface area (Å²) < 4.78 is 19.4. The fourth-order valence-electron chi connectivity index (χ4n) is 2.66. The molecule has 10 heteroatoms. The average Bonchev–Trinajstić information content (AvgIpc) is 3.13. The third kappa shape index (κ3) is 3.94. The molecule has 2 aromatic carbocycles. The maximum Gasteiger partial charge on any atom is 1.00 e. The molecule has 0 radical (unpaired) electrons. The van der Waals surface area contributed by atoms with Crippen LogP contribution in [0.2, 0.25) is 0 Å². The first-order valence-corrected chi connectivity index (χ1v) is 8.85. The van der Waals surface area contributed by atoms with E-state index in [0.717, 1.165) is 10.1 Å². The molecule has 0 aliphatic carbocycles. The molecule has 2 heterocycles. The average molecular weight is 406 g/mol. The minimum atomic E-state index is -1.37. The summed E-state index contributed by atoms with van der Waals surface area (Å²) in [5.74, 6) is 0.487. The molecule has 2 N–H and O–H groups in total. The molecule has 0 saturated carbocycles. The molecule has 0 amide bonds. The van der Waals surface area contributed by atoms with E-state index in [9.17, 15) is 9.32 Å². The van der Waals surface area contributed by atoms with Crippen LogP contribution in [0.4, 0.5) is 0 Å². The van der Waals surface area contributed by atoms with Crippen LogP contribution in [0, 0.1) is 0 Å². The molecule has 0 aliphatic heterocycles. The molecule has 28 heavy (non-hydrogen) atoms. The first-order valence-electron chi connectivity index (χ1n) is 7.70. The van der Waals surface area contributed by atoms with Gasteiger partial charge in [-0.2, -0.15) is 5.10 Å². The molecule has 0 saturated heterocycles. The number of methoxy groups -OCH3 is 1. The monoisotopic (exact) mass is 406 g/mol. The number of rotatable bonds is 4. The predicted octanol–water partition coefficient (Wildman–Crippen LogP) is -1.78. The van der Waals surface area contributed by atoms with Gasteiger partial charge in [0, 0.05) is 10.5 Å². The van der Waals surface area contributed by atoms with Gasteiger partial charge in [0.25, 0.3) is 0 Å². The van der Waals surface area contributed by atoms with Crippen molar-refractivity contribution in [2.24, 2.45) is 0 Å². The molecule has 1 atom stereocenters. The zero-order chi connectivity index (χ0) is 18.1. The minimum Gasteiger partial charge on any atom is -0.844 e. The molecule has 0 spiro atoms. The van der Waals surface area contributed by atoms with Gasteiger partial charge < -0.3 is 15.3 Å². The Morgan fingerprint density at radius 1 is 1.11 bits per heavy atom. The Bertz CT molecular complexity index is 1120. The molecule has 0 bridgehead atoms. The fourth-order valence-corrected chi connectivity index (χ4v) is 3.83. The Labute approximate surface area is 185 Å². The first kappa shape index (κ1) is 22.0. The van der Waals surface area contributed by atoms with E-state index in [1.807, 2.05) is 24.3 Å². The van der Waals surface area contributed by atoms with E-state index in [1.165, 1.54) is 13.4 Å².